The van der Waals surface area contributed by atoms with Gasteiger partial charge in [-0.3, -0.25) is 9.59 Å². The molecule has 2 aromatic rings. The monoisotopic (exact) mass is 313 g/mol. The van der Waals surface area contributed by atoms with Crippen molar-refractivity contribution >= 4 is 16.9 Å². The number of hydrogen-bond donors (Lipinski definition) is 0. The van der Waals surface area contributed by atoms with Gasteiger partial charge in [-0.15, -0.1) is 5.10 Å². The summed E-state index contributed by atoms with van der Waals surface area (Å²) in [4.78, 5) is 23.5. The minimum Gasteiger partial charge on any atom is -0.464 e. The number of ether oxygens (including phenoxy) is 1. The first-order valence-electron chi connectivity index (χ1n) is 6.17. The normalized spacial score (nSPS) is 10.5. The largest absolute Gasteiger partial charge is 0.464 e. The molecule has 0 atom stereocenters. The molecule has 0 spiro atoms. The lowest BCUT2D eigenvalue weighted by molar-refractivity contribution is -0.144. The number of carbonyl (C=O) groups excluding carboxylic acids is 1. The van der Waals surface area contributed by atoms with E-state index in [1.165, 1.54) is 6.07 Å². The third-order valence-corrected chi connectivity index (χ3v) is 2.70. The fourth-order valence-corrected chi connectivity index (χ4v) is 1.64. The van der Waals surface area contributed by atoms with Crippen LogP contribution < -0.4 is 5.56 Å². The molecule has 0 aliphatic rings. The van der Waals surface area contributed by atoms with Crippen LogP contribution in [0.1, 0.15) is 6.42 Å². The standard InChI is InChI=1S/C13H10F3N3O3/c14-9(12(15)16)5-6-22-11(20)7-19-13(21)8-3-1-2-4-10(8)17-18-19/h1-4H,5-7H2. The van der Waals surface area contributed by atoms with Gasteiger partial charge < -0.3 is 4.74 Å². The molecule has 22 heavy (non-hydrogen) atoms. The van der Waals surface area contributed by atoms with Crippen molar-refractivity contribution in [3.8, 4) is 0 Å². The summed E-state index contributed by atoms with van der Waals surface area (Å²) in [5.41, 5.74) is -0.161. The van der Waals surface area contributed by atoms with Crippen LogP contribution in [0.25, 0.3) is 10.9 Å². The van der Waals surface area contributed by atoms with Gasteiger partial charge >= 0.3 is 12.0 Å². The van der Waals surface area contributed by atoms with E-state index in [2.05, 4.69) is 15.0 Å². The smallest absolute Gasteiger partial charge is 0.327 e. The Morgan fingerprint density at radius 1 is 1.23 bits per heavy atom. The summed E-state index contributed by atoms with van der Waals surface area (Å²) in [5.74, 6) is -2.55. The number of nitrogens with zero attached hydrogens (tertiary/aromatic N) is 3. The topological polar surface area (TPSA) is 74.1 Å². The maximum absolute atomic E-state index is 12.5. The number of aromatic nitrogens is 3. The summed E-state index contributed by atoms with van der Waals surface area (Å²) in [7, 11) is 0. The van der Waals surface area contributed by atoms with Crippen LogP contribution in [0, 0.1) is 0 Å². The quantitative estimate of drug-likeness (QED) is 0.787. The molecule has 0 saturated carbocycles. The van der Waals surface area contributed by atoms with Crippen molar-refractivity contribution in [2.24, 2.45) is 0 Å². The van der Waals surface area contributed by atoms with E-state index < -0.39 is 43.0 Å². The fourth-order valence-electron chi connectivity index (χ4n) is 1.64. The van der Waals surface area contributed by atoms with Crippen molar-refractivity contribution in [1.82, 2.24) is 15.0 Å². The maximum Gasteiger partial charge on any atom is 0.327 e. The molecule has 0 radical (unpaired) electrons. The van der Waals surface area contributed by atoms with Crippen molar-refractivity contribution in [1.29, 1.82) is 0 Å². The molecule has 0 saturated heterocycles. The molecule has 0 bridgehead atoms. The van der Waals surface area contributed by atoms with Gasteiger partial charge in [0.25, 0.3) is 5.56 Å². The van der Waals surface area contributed by atoms with Gasteiger partial charge in [-0.1, -0.05) is 17.3 Å². The minimum absolute atomic E-state index is 0.277. The second-order valence-electron chi connectivity index (χ2n) is 4.21. The number of carbonyl (C=O) groups is 1. The molecule has 1 heterocycles. The molecule has 9 heteroatoms. The van der Waals surface area contributed by atoms with Crippen LogP contribution in [-0.2, 0) is 16.1 Å². The van der Waals surface area contributed by atoms with E-state index in [0.717, 1.165) is 4.68 Å². The van der Waals surface area contributed by atoms with Crippen molar-refractivity contribution in [2.75, 3.05) is 6.61 Å². The number of benzene rings is 1. The Balaban J connectivity index is 2.02. The first-order valence-corrected chi connectivity index (χ1v) is 6.17. The van der Waals surface area contributed by atoms with Gasteiger partial charge in [-0.2, -0.15) is 13.5 Å². The zero-order valence-electron chi connectivity index (χ0n) is 11.1. The zero-order chi connectivity index (χ0) is 16.1. The van der Waals surface area contributed by atoms with E-state index in [4.69, 9.17) is 0 Å². The van der Waals surface area contributed by atoms with Gasteiger partial charge in [0.05, 0.1) is 12.0 Å². The van der Waals surface area contributed by atoms with E-state index in [9.17, 15) is 22.8 Å². The Labute approximate surface area is 121 Å². The molecule has 0 N–H and O–H groups in total. The van der Waals surface area contributed by atoms with Gasteiger partial charge in [0.1, 0.15) is 12.1 Å². The Kier molecular flexibility index (Phi) is 4.87. The molecular weight excluding hydrogens is 303 g/mol. The lowest BCUT2D eigenvalue weighted by Gasteiger charge is -2.05. The second kappa shape index (κ2) is 6.83. The Morgan fingerprint density at radius 2 is 1.95 bits per heavy atom. The van der Waals surface area contributed by atoms with Gasteiger partial charge in [0.2, 0.25) is 0 Å². The Hall–Kier alpha value is -2.71. The molecule has 0 fully saturated rings. The number of halogens is 3. The SMILES string of the molecule is O=C(Cn1nnc2ccccc2c1=O)OCCC(F)=C(F)F. The van der Waals surface area contributed by atoms with E-state index in [1.54, 1.807) is 18.2 Å². The highest BCUT2D eigenvalue weighted by molar-refractivity contribution is 5.77. The average molecular weight is 313 g/mol. The predicted molar refractivity (Wildman–Crippen MR) is 69.7 cm³/mol. The molecule has 1 aromatic carbocycles. The van der Waals surface area contributed by atoms with E-state index in [1.807, 2.05) is 0 Å². The summed E-state index contributed by atoms with van der Waals surface area (Å²) in [6.07, 6.45) is -3.18. The summed E-state index contributed by atoms with van der Waals surface area (Å²) in [6.45, 7) is -1.10. The Bertz CT molecular complexity index is 785. The highest BCUT2D eigenvalue weighted by atomic mass is 19.3. The van der Waals surface area contributed by atoms with Gasteiger partial charge in [-0.25, -0.2) is 4.39 Å². The predicted octanol–water partition coefficient (Wildman–Crippen LogP) is 1.80. The average Bonchev–Trinajstić information content (AvgIpc) is 2.50. The number of fused-ring (bicyclic) bond motifs is 1. The minimum atomic E-state index is -2.45. The van der Waals surface area contributed by atoms with Crippen LogP contribution in [-0.4, -0.2) is 27.6 Å². The third-order valence-electron chi connectivity index (χ3n) is 2.70. The van der Waals surface area contributed by atoms with Crippen LogP contribution in [0.5, 0.6) is 0 Å². The maximum atomic E-state index is 12.5. The molecule has 0 aliphatic carbocycles. The summed E-state index contributed by atoms with van der Waals surface area (Å²) < 4.78 is 41.4. The molecule has 1 aromatic heterocycles. The highest BCUT2D eigenvalue weighted by Gasteiger charge is 2.11. The van der Waals surface area contributed by atoms with E-state index >= 15 is 0 Å². The first-order chi connectivity index (χ1) is 10.5. The van der Waals surface area contributed by atoms with Gasteiger partial charge in [0.15, 0.2) is 5.83 Å². The van der Waals surface area contributed by atoms with Crippen LogP contribution in [0.2, 0.25) is 0 Å². The highest BCUT2D eigenvalue weighted by Crippen LogP contribution is 2.12. The van der Waals surface area contributed by atoms with Crippen molar-refractivity contribution in [3.05, 3.63) is 46.5 Å². The van der Waals surface area contributed by atoms with Gasteiger partial charge in [0, 0.05) is 6.42 Å². The van der Waals surface area contributed by atoms with Crippen molar-refractivity contribution in [3.63, 3.8) is 0 Å². The molecule has 0 aliphatic heterocycles. The molecule has 116 valence electrons. The lowest BCUT2D eigenvalue weighted by Crippen LogP contribution is -2.28. The first kappa shape index (κ1) is 15.7. The number of rotatable bonds is 5. The molecule has 2 rings (SSSR count). The van der Waals surface area contributed by atoms with E-state index in [-0.39, 0.29) is 5.39 Å². The summed E-state index contributed by atoms with van der Waals surface area (Å²) >= 11 is 0. The molecule has 0 amide bonds. The molecule has 6 nitrogen and oxygen atoms in total. The van der Waals surface area contributed by atoms with Crippen LogP contribution in [0.15, 0.2) is 41.0 Å². The fraction of sp³-hybridized carbons (Fsp3) is 0.231. The van der Waals surface area contributed by atoms with Crippen molar-refractivity contribution in [2.45, 2.75) is 13.0 Å². The number of esters is 1. The van der Waals surface area contributed by atoms with Crippen molar-refractivity contribution < 1.29 is 22.7 Å². The van der Waals surface area contributed by atoms with Gasteiger partial charge in [-0.05, 0) is 12.1 Å². The summed E-state index contributed by atoms with van der Waals surface area (Å²) in [6, 6.07) is 6.43. The molecular formula is C13H10F3N3O3. The third kappa shape index (κ3) is 3.68. The lowest BCUT2D eigenvalue weighted by atomic mass is 10.2. The van der Waals surface area contributed by atoms with Crippen LogP contribution in [0.4, 0.5) is 13.2 Å². The Morgan fingerprint density at radius 3 is 2.68 bits per heavy atom. The molecule has 0 unspecified atom stereocenters. The summed E-state index contributed by atoms with van der Waals surface area (Å²) in [5, 5.41) is 7.61. The second-order valence-corrected chi connectivity index (χ2v) is 4.21. The van der Waals surface area contributed by atoms with Crippen LogP contribution >= 0.6 is 0 Å². The van der Waals surface area contributed by atoms with E-state index in [0.29, 0.717) is 5.52 Å². The number of hydrogen-bond acceptors (Lipinski definition) is 5. The van der Waals surface area contributed by atoms with Crippen LogP contribution in [0.3, 0.4) is 0 Å². The zero-order valence-corrected chi connectivity index (χ0v) is 11.1.